The monoisotopic (exact) mass is 636 g/mol. The maximum Gasteiger partial charge on any atom is 0.319 e. The van der Waals surface area contributed by atoms with E-state index < -0.39 is 34.1 Å². The number of amides is 3. The lowest BCUT2D eigenvalue weighted by molar-refractivity contribution is -0.00835. The van der Waals surface area contributed by atoms with E-state index in [9.17, 15) is 23.1 Å². The molecule has 44 heavy (non-hydrogen) atoms. The number of nitrogens with zero attached hydrogens (tertiary/aromatic N) is 4. The molecule has 0 aliphatic carbocycles. The van der Waals surface area contributed by atoms with Gasteiger partial charge < -0.3 is 34.7 Å². The number of hydrogen-bond donors (Lipinski definition) is 3. The number of sulfonamides is 1. The zero-order valence-corrected chi connectivity index (χ0v) is 27.6. The number of benzene rings is 1. The molecule has 1 aliphatic rings. The van der Waals surface area contributed by atoms with Crippen LogP contribution in [0.15, 0.2) is 35.7 Å². The third kappa shape index (κ3) is 9.40. The van der Waals surface area contributed by atoms with Crippen molar-refractivity contribution in [3.8, 4) is 5.75 Å². The third-order valence-corrected chi connectivity index (χ3v) is 9.23. The highest BCUT2D eigenvalue weighted by Gasteiger charge is 2.33. The van der Waals surface area contributed by atoms with Gasteiger partial charge in [0.2, 0.25) is 0 Å². The van der Waals surface area contributed by atoms with Crippen LogP contribution in [0.1, 0.15) is 64.2 Å². The SMILES string of the molecule is CC(C)NC(=O)Nc1ccc2c(c1)C(=O)N([C@H](C)CO)C[C@@H](C)[C@H](CN(C)S(=O)(=O)c1cn(C)cn1)OCCCC[C@@H](C)O2. The van der Waals surface area contributed by atoms with Gasteiger partial charge in [-0.3, -0.25) is 4.79 Å². The highest BCUT2D eigenvalue weighted by Crippen LogP contribution is 2.29. The van der Waals surface area contributed by atoms with E-state index >= 15 is 0 Å². The topological polar surface area (TPSA) is 155 Å². The van der Waals surface area contributed by atoms with Gasteiger partial charge in [-0.05, 0) is 65.2 Å². The van der Waals surface area contributed by atoms with E-state index in [1.807, 2.05) is 27.7 Å². The molecule has 1 aromatic carbocycles. The molecule has 0 saturated heterocycles. The van der Waals surface area contributed by atoms with Gasteiger partial charge in [-0.25, -0.2) is 18.2 Å². The van der Waals surface area contributed by atoms with Crippen LogP contribution in [0, 0.1) is 5.92 Å². The average molecular weight is 637 g/mol. The maximum atomic E-state index is 14.2. The number of carbonyl (C=O) groups is 2. The molecule has 4 atom stereocenters. The number of rotatable bonds is 8. The molecule has 0 spiro atoms. The fourth-order valence-electron chi connectivity index (χ4n) is 4.93. The molecule has 3 N–H and O–H groups in total. The van der Waals surface area contributed by atoms with E-state index in [2.05, 4.69) is 15.6 Å². The summed E-state index contributed by atoms with van der Waals surface area (Å²) in [5.41, 5.74) is 0.663. The van der Waals surface area contributed by atoms with Gasteiger partial charge in [0.05, 0.1) is 36.7 Å². The summed E-state index contributed by atoms with van der Waals surface area (Å²) in [6, 6.07) is 3.90. The minimum Gasteiger partial charge on any atom is -0.490 e. The van der Waals surface area contributed by atoms with Crippen LogP contribution in [0.25, 0.3) is 0 Å². The summed E-state index contributed by atoms with van der Waals surface area (Å²) in [6.07, 6.45) is 4.37. The number of aliphatic hydroxyl groups excluding tert-OH is 1. The number of fused-ring (bicyclic) bond motifs is 1. The maximum absolute atomic E-state index is 14.2. The molecule has 246 valence electrons. The minimum absolute atomic E-state index is 0.0464. The molecule has 3 rings (SSSR count). The van der Waals surface area contributed by atoms with Crippen LogP contribution < -0.4 is 15.4 Å². The van der Waals surface area contributed by atoms with Crippen molar-refractivity contribution in [2.24, 2.45) is 13.0 Å². The van der Waals surface area contributed by atoms with Crippen molar-refractivity contribution in [2.75, 3.05) is 38.7 Å². The van der Waals surface area contributed by atoms with Gasteiger partial charge in [0, 0.05) is 57.6 Å². The van der Waals surface area contributed by atoms with Gasteiger partial charge in [0.25, 0.3) is 15.9 Å². The largest absolute Gasteiger partial charge is 0.490 e. The first kappa shape index (κ1) is 35.3. The lowest BCUT2D eigenvalue weighted by atomic mass is 10.0. The lowest BCUT2D eigenvalue weighted by Crippen LogP contribution is -2.48. The predicted molar refractivity (Wildman–Crippen MR) is 167 cm³/mol. The molecular formula is C30H48N6O7S. The first-order valence-electron chi connectivity index (χ1n) is 15.1. The lowest BCUT2D eigenvalue weighted by Gasteiger charge is -2.35. The Bertz CT molecular complexity index is 1370. The number of likely N-dealkylation sites (N-methyl/N-ethyl adjacent to an activating group) is 1. The summed E-state index contributed by atoms with van der Waals surface area (Å²) in [7, 11) is -0.682. The molecule has 1 aliphatic heterocycles. The van der Waals surface area contributed by atoms with Crippen molar-refractivity contribution < 1.29 is 32.6 Å². The number of aliphatic hydroxyl groups is 1. The van der Waals surface area contributed by atoms with Crippen molar-refractivity contribution in [3.63, 3.8) is 0 Å². The van der Waals surface area contributed by atoms with E-state index in [4.69, 9.17) is 9.47 Å². The summed E-state index contributed by atoms with van der Waals surface area (Å²) >= 11 is 0. The van der Waals surface area contributed by atoms with Crippen LogP contribution in [-0.4, -0.2) is 102 Å². The molecule has 2 heterocycles. The van der Waals surface area contributed by atoms with E-state index in [1.54, 1.807) is 41.6 Å². The molecular weight excluding hydrogens is 588 g/mol. The molecule has 2 aromatic rings. The van der Waals surface area contributed by atoms with Crippen molar-refractivity contribution in [3.05, 3.63) is 36.3 Å². The van der Waals surface area contributed by atoms with Crippen LogP contribution in [-0.2, 0) is 21.8 Å². The van der Waals surface area contributed by atoms with E-state index in [0.717, 1.165) is 12.8 Å². The van der Waals surface area contributed by atoms with Crippen LogP contribution in [0.3, 0.4) is 0 Å². The summed E-state index contributed by atoms with van der Waals surface area (Å²) in [6.45, 7) is 9.59. The third-order valence-electron chi connectivity index (χ3n) is 7.52. The molecule has 0 unspecified atom stereocenters. The van der Waals surface area contributed by atoms with Gasteiger partial charge in [-0.15, -0.1) is 0 Å². The summed E-state index contributed by atoms with van der Waals surface area (Å²) in [5.74, 6) is -0.330. The second-order valence-corrected chi connectivity index (χ2v) is 13.9. The normalized spacial score (nSPS) is 21.4. The highest BCUT2D eigenvalue weighted by molar-refractivity contribution is 7.89. The van der Waals surface area contributed by atoms with Gasteiger partial charge in [0.15, 0.2) is 5.03 Å². The number of nitrogens with one attached hydrogen (secondary N) is 2. The predicted octanol–water partition coefficient (Wildman–Crippen LogP) is 3.07. The van der Waals surface area contributed by atoms with Gasteiger partial charge in [0.1, 0.15) is 5.75 Å². The van der Waals surface area contributed by atoms with Crippen LogP contribution in [0.5, 0.6) is 5.75 Å². The van der Waals surface area contributed by atoms with E-state index in [0.29, 0.717) is 24.5 Å². The fourth-order valence-corrected chi connectivity index (χ4v) is 6.07. The molecule has 0 radical (unpaired) electrons. The zero-order chi connectivity index (χ0) is 32.6. The second kappa shape index (κ2) is 15.7. The van der Waals surface area contributed by atoms with Gasteiger partial charge in [-0.2, -0.15) is 4.31 Å². The van der Waals surface area contributed by atoms with Crippen molar-refractivity contribution >= 4 is 27.6 Å². The fraction of sp³-hybridized carbons (Fsp3) is 0.633. The first-order chi connectivity index (χ1) is 20.7. The van der Waals surface area contributed by atoms with Gasteiger partial charge in [-0.1, -0.05) is 6.92 Å². The first-order valence-corrected chi connectivity index (χ1v) is 16.5. The number of anilines is 1. The van der Waals surface area contributed by atoms with Crippen molar-refractivity contribution in [1.29, 1.82) is 0 Å². The zero-order valence-electron chi connectivity index (χ0n) is 26.8. The minimum atomic E-state index is -3.87. The number of aromatic nitrogens is 2. The second-order valence-electron chi connectivity index (χ2n) is 11.9. The molecule has 1 aromatic heterocycles. The van der Waals surface area contributed by atoms with Crippen molar-refractivity contribution in [1.82, 2.24) is 24.1 Å². The van der Waals surface area contributed by atoms with E-state index in [-0.39, 0.29) is 48.3 Å². The number of ether oxygens (including phenoxy) is 2. The van der Waals surface area contributed by atoms with Crippen LogP contribution >= 0.6 is 0 Å². The molecule has 0 saturated carbocycles. The Hall–Kier alpha value is -3.20. The number of carbonyl (C=O) groups excluding carboxylic acids is 2. The number of aryl methyl sites for hydroxylation is 1. The van der Waals surface area contributed by atoms with Crippen LogP contribution in [0.4, 0.5) is 10.5 Å². The molecule has 3 amide bonds. The number of hydrogen-bond acceptors (Lipinski definition) is 8. The Kier molecular flexibility index (Phi) is 12.6. The molecule has 0 fully saturated rings. The molecule has 13 nitrogen and oxygen atoms in total. The number of imidazole rings is 1. The Morgan fingerprint density at radius 2 is 1.95 bits per heavy atom. The standard InChI is InChI=1S/C30H48N6O7S/c1-20(2)32-30(39)33-24-11-12-26-25(14-24)29(38)36(22(4)18-37)15-21(3)27(42-13-9-8-10-23(5)43-26)16-35(7)44(40,41)28-17-34(6)19-31-28/h11-12,14,17,19-23,27,37H,8-10,13,15-16,18H2,1-7H3,(H2,32,33,39)/t21-,22-,23-,27+/m1/s1. The smallest absolute Gasteiger partial charge is 0.319 e. The number of urea groups is 1. The average Bonchev–Trinajstić information content (AvgIpc) is 3.41. The summed E-state index contributed by atoms with van der Waals surface area (Å²) in [5, 5.41) is 15.6. The Labute approximate surface area is 261 Å². The Balaban J connectivity index is 1.96. The Morgan fingerprint density at radius 1 is 1.23 bits per heavy atom. The van der Waals surface area contributed by atoms with E-state index in [1.165, 1.54) is 23.9 Å². The highest BCUT2D eigenvalue weighted by atomic mass is 32.2. The quantitative estimate of drug-likeness (QED) is 0.399. The molecule has 14 heteroatoms. The van der Waals surface area contributed by atoms with Gasteiger partial charge >= 0.3 is 6.03 Å². The summed E-state index contributed by atoms with van der Waals surface area (Å²) in [4.78, 5) is 32.2. The summed E-state index contributed by atoms with van der Waals surface area (Å²) < 4.78 is 41.8. The molecule has 0 bridgehead atoms. The Morgan fingerprint density at radius 3 is 2.59 bits per heavy atom. The van der Waals surface area contributed by atoms with Crippen LogP contribution in [0.2, 0.25) is 0 Å². The van der Waals surface area contributed by atoms with Crippen molar-refractivity contribution in [2.45, 2.75) is 83.2 Å².